The fourth-order valence-electron chi connectivity index (χ4n) is 4.32. The minimum Gasteiger partial charge on any atom is -0.497 e. The van der Waals surface area contributed by atoms with E-state index in [2.05, 4.69) is 30.8 Å². The van der Waals surface area contributed by atoms with E-state index in [9.17, 15) is 4.79 Å². The van der Waals surface area contributed by atoms with E-state index in [1.807, 2.05) is 42.6 Å². The van der Waals surface area contributed by atoms with Crippen molar-refractivity contribution in [2.24, 2.45) is 5.92 Å². The molecule has 1 aromatic carbocycles. The molecule has 0 bridgehead atoms. The fraction of sp³-hybridized carbons (Fsp3) is 0.400. The predicted octanol–water partition coefficient (Wildman–Crippen LogP) is 3.58. The lowest BCUT2D eigenvalue weighted by molar-refractivity contribution is -0.121. The lowest BCUT2D eigenvalue weighted by atomic mass is 9.93. The molecule has 1 aliphatic heterocycles. The van der Waals surface area contributed by atoms with Gasteiger partial charge in [0.2, 0.25) is 11.9 Å². The van der Waals surface area contributed by atoms with Crippen molar-refractivity contribution >= 4 is 5.91 Å². The van der Waals surface area contributed by atoms with Crippen LogP contribution in [0.4, 0.5) is 0 Å². The predicted molar refractivity (Wildman–Crippen MR) is 123 cm³/mol. The van der Waals surface area contributed by atoms with Gasteiger partial charge in [-0.1, -0.05) is 12.1 Å². The van der Waals surface area contributed by atoms with Gasteiger partial charge in [-0.25, -0.2) is 9.97 Å². The summed E-state index contributed by atoms with van der Waals surface area (Å²) in [7, 11) is 1.65. The lowest BCUT2D eigenvalue weighted by Gasteiger charge is -2.32. The van der Waals surface area contributed by atoms with Crippen LogP contribution < -0.4 is 10.1 Å². The molecular formula is C25H31N5O2. The molecule has 2 aromatic heterocycles. The Morgan fingerprint density at radius 3 is 2.91 bits per heavy atom. The third kappa shape index (κ3) is 5.95. The molecule has 1 amide bonds. The molecule has 0 radical (unpaired) electrons. The lowest BCUT2D eigenvalue weighted by Crippen LogP contribution is -2.36. The van der Waals surface area contributed by atoms with E-state index in [0.717, 1.165) is 37.4 Å². The molecule has 7 heteroatoms. The number of amides is 1. The maximum absolute atomic E-state index is 12.4. The highest BCUT2D eigenvalue weighted by molar-refractivity contribution is 5.75. The van der Waals surface area contributed by atoms with Gasteiger partial charge in [-0.05, 0) is 67.6 Å². The minimum atomic E-state index is 0.111. The van der Waals surface area contributed by atoms with Crippen molar-refractivity contribution in [2.45, 2.75) is 38.8 Å². The molecule has 0 unspecified atom stereocenters. The number of nitrogens with zero attached hydrogens (tertiary/aromatic N) is 4. The Hall–Kier alpha value is -3.19. The molecular weight excluding hydrogens is 402 g/mol. The average Bonchev–Trinajstić information content (AvgIpc) is 3.30. The monoisotopic (exact) mass is 433 g/mol. The van der Waals surface area contributed by atoms with Crippen LogP contribution >= 0.6 is 0 Å². The van der Waals surface area contributed by atoms with Gasteiger partial charge in [0.15, 0.2) is 0 Å². The number of hydrogen-bond donors (Lipinski definition) is 1. The van der Waals surface area contributed by atoms with E-state index >= 15 is 0 Å². The molecule has 1 atom stereocenters. The van der Waals surface area contributed by atoms with Gasteiger partial charge in [-0.2, -0.15) is 0 Å². The van der Waals surface area contributed by atoms with E-state index in [4.69, 9.17) is 4.74 Å². The third-order valence-corrected chi connectivity index (χ3v) is 5.99. The van der Waals surface area contributed by atoms with Gasteiger partial charge in [0, 0.05) is 50.3 Å². The average molecular weight is 434 g/mol. The van der Waals surface area contributed by atoms with Gasteiger partial charge in [0.25, 0.3) is 0 Å². The Kier molecular flexibility index (Phi) is 7.51. The summed E-state index contributed by atoms with van der Waals surface area (Å²) < 4.78 is 7.29. The van der Waals surface area contributed by atoms with Gasteiger partial charge >= 0.3 is 0 Å². The highest BCUT2D eigenvalue weighted by Gasteiger charge is 2.21. The number of piperidine rings is 1. The molecule has 1 aliphatic rings. The largest absolute Gasteiger partial charge is 0.497 e. The molecule has 3 heterocycles. The first-order valence-electron chi connectivity index (χ1n) is 11.3. The Labute approximate surface area is 189 Å². The Balaban J connectivity index is 1.24. The van der Waals surface area contributed by atoms with Crippen molar-refractivity contribution in [1.29, 1.82) is 0 Å². The smallest absolute Gasteiger partial charge is 0.233 e. The van der Waals surface area contributed by atoms with E-state index in [1.54, 1.807) is 19.5 Å². The second-order valence-electron chi connectivity index (χ2n) is 8.33. The Morgan fingerprint density at radius 2 is 2.06 bits per heavy atom. The van der Waals surface area contributed by atoms with Gasteiger partial charge in [-0.15, -0.1) is 0 Å². The molecule has 0 aliphatic carbocycles. The van der Waals surface area contributed by atoms with E-state index < -0.39 is 0 Å². The van der Waals surface area contributed by atoms with Crippen LogP contribution in [0.25, 0.3) is 5.95 Å². The maximum Gasteiger partial charge on any atom is 0.233 e. The van der Waals surface area contributed by atoms with Crippen molar-refractivity contribution in [2.75, 3.05) is 20.2 Å². The summed E-state index contributed by atoms with van der Waals surface area (Å²) >= 11 is 0. The van der Waals surface area contributed by atoms with Crippen molar-refractivity contribution < 1.29 is 9.53 Å². The fourth-order valence-corrected chi connectivity index (χ4v) is 4.32. The molecule has 1 fully saturated rings. The van der Waals surface area contributed by atoms with Gasteiger partial charge < -0.3 is 10.1 Å². The molecule has 32 heavy (non-hydrogen) atoms. The summed E-state index contributed by atoms with van der Waals surface area (Å²) in [6.07, 6.45) is 9.38. The summed E-state index contributed by atoms with van der Waals surface area (Å²) in [4.78, 5) is 23.6. The number of likely N-dealkylation sites (tertiary alicyclic amines) is 1. The van der Waals surface area contributed by atoms with Gasteiger partial charge in [-0.3, -0.25) is 14.3 Å². The molecule has 0 spiro atoms. The Bertz CT molecular complexity index is 1000. The molecule has 1 N–H and O–H groups in total. The topological polar surface area (TPSA) is 72.3 Å². The van der Waals surface area contributed by atoms with Crippen LogP contribution in [0.1, 0.15) is 36.9 Å². The standard InChI is InChI=1S/C25H31N5O2/c1-32-23-9-2-6-21(16-23)17-28-24(31)11-10-20-7-3-14-29(18-20)19-22-8-4-15-30(22)25-26-12-5-13-27-25/h2,4-6,8-9,12-13,15-16,20H,3,7,10-11,14,17-19H2,1H3,(H,28,31)/t20-/m1/s1. The minimum absolute atomic E-state index is 0.111. The quantitative estimate of drug-likeness (QED) is 0.558. The van der Waals surface area contributed by atoms with Crippen LogP contribution in [-0.4, -0.2) is 45.5 Å². The van der Waals surface area contributed by atoms with Crippen molar-refractivity contribution in [3.05, 3.63) is 72.3 Å². The third-order valence-electron chi connectivity index (χ3n) is 5.99. The number of carbonyl (C=O) groups is 1. The van der Waals surface area contributed by atoms with Crippen LogP contribution in [0.5, 0.6) is 5.75 Å². The highest BCUT2D eigenvalue weighted by atomic mass is 16.5. The summed E-state index contributed by atoms with van der Waals surface area (Å²) in [5.74, 6) is 2.17. The van der Waals surface area contributed by atoms with Crippen molar-refractivity contribution in [1.82, 2.24) is 24.8 Å². The molecule has 7 nitrogen and oxygen atoms in total. The number of methoxy groups -OCH3 is 1. The first kappa shape index (κ1) is 22.0. The highest BCUT2D eigenvalue weighted by Crippen LogP contribution is 2.23. The number of carbonyl (C=O) groups excluding carboxylic acids is 1. The normalized spacial score (nSPS) is 16.6. The number of nitrogens with one attached hydrogen (secondary N) is 1. The van der Waals surface area contributed by atoms with E-state index in [1.165, 1.54) is 18.5 Å². The molecule has 168 valence electrons. The van der Waals surface area contributed by atoms with Crippen LogP contribution in [-0.2, 0) is 17.9 Å². The van der Waals surface area contributed by atoms with Crippen molar-refractivity contribution in [3.8, 4) is 11.7 Å². The van der Waals surface area contributed by atoms with E-state index in [0.29, 0.717) is 24.8 Å². The van der Waals surface area contributed by atoms with E-state index in [-0.39, 0.29) is 5.91 Å². The van der Waals surface area contributed by atoms with Crippen molar-refractivity contribution in [3.63, 3.8) is 0 Å². The van der Waals surface area contributed by atoms with Crippen LogP contribution in [0.15, 0.2) is 61.1 Å². The number of benzene rings is 1. The first-order valence-corrected chi connectivity index (χ1v) is 11.3. The summed E-state index contributed by atoms with van der Waals surface area (Å²) in [5, 5.41) is 3.04. The molecule has 4 rings (SSSR count). The van der Waals surface area contributed by atoms with Crippen LogP contribution in [0, 0.1) is 5.92 Å². The first-order chi connectivity index (χ1) is 15.7. The summed E-state index contributed by atoms with van der Waals surface area (Å²) in [6.45, 7) is 3.50. The summed E-state index contributed by atoms with van der Waals surface area (Å²) in [5.41, 5.74) is 2.24. The van der Waals surface area contributed by atoms with Gasteiger partial charge in [0.1, 0.15) is 5.75 Å². The zero-order chi connectivity index (χ0) is 22.2. The molecule has 1 saturated heterocycles. The second kappa shape index (κ2) is 10.9. The number of hydrogen-bond acceptors (Lipinski definition) is 5. The number of aromatic nitrogens is 3. The zero-order valence-electron chi connectivity index (χ0n) is 18.6. The number of ether oxygens (including phenoxy) is 1. The Morgan fingerprint density at radius 1 is 1.19 bits per heavy atom. The van der Waals surface area contributed by atoms with Crippen LogP contribution in [0.2, 0.25) is 0 Å². The maximum atomic E-state index is 12.4. The second-order valence-corrected chi connectivity index (χ2v) is 8.33. The SMILES string of the molecule is COc1cccc(CNC(=O)CC[C@H]2CCCN(Cc3cccn3-c3ncccn3)C2)c1. The summed E-state index contributed by atoms with van der Waals surface area (Å²) in [6, 6.07) is 13.8. The van der Waals surface area contributed by atoms with Crippen LogP contribution in [0.3, 0.4) is 0 Å². The zero-order valence-corrected chi connectivity index (χ0v) is 18.6. The number of rotatable bonds is 9. The van der Waals surface area contributed by atoms with Gasteiger partial charge in [0.05, 0.1) is 7.11 Å². The molecule has 3 aromatic rings. The molecule has 0 saturated carbocycles.